The van der Waals surface area contributed by atoms with Gasteiger partial charge in [-0.3, -0.25) is 0 Å². The monoisotopic (exact) mass is 478 g/mol. The third-order valence-corrected chi connectivity index (χ3v) is 5.05. The molecule has 35 heavy (non-hydrogen) atoms. The van der Waals surface area contributed by atoms with E-state index in [0.717, 1.165) is 5.56 Å². The summed E-state index contributed by atoms with van der Waals surface area (Å²) < 4.78 is 31.1. The smallest absolute Gasteiger partial charge is 0.338 e. The van der Waals surface area contributed by atoms with Crippen molar-refractivity contribution in [2.75, 3.05) is 13.2 Å². The maximum Gasteiger partial charge on any atom is 0.338 e. The number of hydrogen-bond acceptors (Lipinski definition) is 5. The number of allylic oxidation sites excluding steroid dienone is 1. The van der Waals surface area contributed by atoms with Crippen molar-refractivity contribution in [1.82, 2.24) is 0 Å². The molecular formula is C29H31FO5. The molecule has 0 radical (unpaired) electrons. The van der Waals surface area contributed by atoms with Gasteiger partial charge in [0.2, 0.25) is 0 Å². The number of esters is 2. The van der Waals surface area contributed by atoms with E-state index in [1.165, 1.54) is 6.07 Å². The zero-order valence-corrected chi connectivity index (χ0v) is 20.5. The van der Waals surface area contributed by atoms with Gasteiger partial charge in [-0.1, -0.05) is 50.6 Å². The molecule has 0 saturated carbocycles. The molecule has 0 aromatic heterocycles. The first-order valence-corrected chi connectivity index (χ1v) is 11.0. The Morgan fingerprint density at radius 1 is 0.829 bits per heavy atom. The molecular weight excluding hydrogens is 447 g/mol. The van der Waals surface area contributed by atoms with Gasteiger partial charge in [-0.2, -0.15) is 0 Å². The van der Waals surface area contributed by atoms with Gasteiger partial charge in [0.25, 0.3) is 0 Å². The van der Waals surface area contributed by atoms with E-state index >= 15 is 0 Å². The van der Waals surface area contributed by atoms with Gasteiger partial charge in [-0.05, 0) is 62.1 Å². The summed E-state index contributed by atoms with van der Waals surface area (Å²) >= 11 is 0. The fourth-order valence-corrected chi connectivity index (χ4v) is 2.97. The Morgan fingerprint density at radius 3 is 1.97 bits per heavy atom. The number of benzene rings is 2. The molecule has 2 aromatic carbocycles. The number of rotatable bonds is 12. The Bertz CT molecular complexity index is 1110. The van der Waals surface area contributed by atoms with Crippen LogP contribution in [0.4, 0.5) is 4.39 Å². The molecule has 0 aliphatic carbocycles. The molecule has 0 aliphatic rings. The van der Waals surface area contributed by atoms with Crippen LogP contribution in [0.5, 0.6) is 5.75 Å². The molecule has 2 rings (SSSR count). The summed E-state index contributed by atoms with van der Waals surface area (Å²) in [6, 6.07) is 11.5. The van der Waals surface area contributed by atoms with E-state index in [0.29, 0.717) is 40.2 Å². The van der Waals surface area contributed by atoms with E-state index in [1.807, 2.05) is 6.07 Å². The van der Waals surface area contributed by atoms with Crippen LogP contribution < -0.4 is 4.74 Å². The molecule has 0 aliphatic heterocycles. The van der Waals surface area contributed by atoms with Crippen LogP contribution in [-0.4, -0.2) is 25.2 Å². The second kappa shape index (κ2) is 12.5. The van der Waals surface area contributed by atoms with Crippen molar-refractivity contribution in [3.05, 3.63) is 103 Å². The van der Waals surface area contributed by atoms with Gasteiger partial charge in [0, 0.05) is 22.6 Å². The number of halogens is 1. The lowest BCUT2D eigenvalue weighted by atomic mass is 9.97. The number of carbonyl (C=O) groups is 2. The van der Waals surface area contributed by atoms with E-state index in [1.54, 1.807) is 51.1 Å². The zero-order chi connectivity index (χ0) is 26.1. The molecule has 1 unspecified atom stereocenters. The molecule has 5 nitrogen and oxygen atoms in total. The van der Waals surface area contributed by atoms with Crippen molar-refractivity contribution in [2.24, 2.45) is 5.92 Å². The summed E-state index contributed by atoms with van der Waals surface area (Å²) in [7, 11) is 0. The lowest BCUT2D eigenvalue weighted by molar-refractivity contribution is -0.140. The van der Waals surface area contributed by atoms with Crippen LogP contribution in [-0.2, 0) is 25.5 Å². The maximum absolute atomic E-state index is 15.0. The normalized spacial score (nSPS) is 11.2. The van der Waals surface area contributed by atoms with E-state index in [2.05, 4.69) is 26.3 Å². The minimum Gasteiger partial charge on any atom is -0.494 e. The first-order valence-electron chi connectivity index (χ1n) is 11.0. The van der Waals surface area contributed by atoms with Crippen LogP contribution in [0.1, 0.15) is 26.3 Å². The Labute approximate surface area is 206 Å². The van der Waals surface area contributed by atoms with Crippen LogP contribution in [0.15, 0.2) is 91.3 Å². The van der Waals surface area contributed by atoms with E-state index in [4.69, 9.17) is 14.2 Å². The molecule has 0 heterocycles. The minimum absolute atomic E-state index is 0.0862. The molecule has 0 bridgehead atoms. The van der Waals surface area contributed by atoms with Gasteiger partial charge in [0.1, 0.15) is 17.3 Å². The first kappa shape index (κ1) is 27.3. The van der Waals surface area contributed by atoms with Crippen molar-refractivity contribution >= 4 is 11.9 Å². The average molecular weight is 479 g/mol. The van der Waals surface area contributed by atoms with Gasteiger partial charge >= 0.3 is 11.9 Å². The third kappa shape index (κ3) is 8.41. The minimum atomic E-state index is -0.521. The van der Waals surface area contributed by atoms with Gasteiger partial charge in [0.05, 0.1) is 13.2 Å². The largest absolute Gasteiger partial charge is 0.494 e. The molecule has 0 fully saturated rings. The average Bonchev–Trinajstić information content (AvgIpc) is 2.80. The fourth-order valence-electron chi connectivity index (χ4n) is 2.97. The lowest BCUT2D eigenvalue weighted by Crippen LogP contribution is -2.21. The van der Waals surface area contributed by atoms with Gasteiger partial charge < -0.3 is 14.2 Å². The lowest BCUT2D eigenvalue weighted by Gasteiger charge is -2.19. The highest BCUT2D eigenvalue weighted by Crippen LogP contribution is 2.27. The molecule has 0 saturated heterocycles. The maximum atomic E-state index is 15.0. The number of carbonyl (C=O) groups excluding carboxylic acids is 2. The predicted octanol–water partition coefficient (Wildman–Crippen LogP) is 6.36. The van der Waals surface area contributed by atoms with Gasteiger partial charge in [-0.15, -0.1) is 0 Å². The number of ether oxygens (including phenoxy) is 3. The Balaban J connectivity index is 2.14. The molecule has 1 atom stereocenters. The van der Waals surface area contributed by atoms with E-state index in [9.17, 15) is 14.0 Å². The summed E-state index contributed by atoms with van der Waals surface area (Å²) in [6.45, 7) is 20.0. The SMILES string of the molecule is C=C(C)C(=C)OCC(COC(=O)C(=C)C)Cc1ccc(-c2ccc(OC(=O)C(=C)C)cc2)c(F)c1. The van der Waals surface area contributed by atoms with Crippen molar-refractivity contribution < 1.29 is 28.2 Å². The summed E-state index contributed by atoms with van der Waals surface area (Å²) in [5, 5.41) is 0. The Hall–Kier alpha value is -3.93. The van der Waals surface area contributed by atoms with E-state index in [-0.39, 0.29) is 24.7 Å². The van der Waals surface area contributed by atoms with Crippen molar-refractivity contribution in [3.63, 3.8) is 0 Å². The second-order valence-corrected chi connectivity index (χ2v) is 8.47. The van der Waals surface area contributed by atoms with Crippen LogP contribution >= 0.6 is 0 Å². The van der Waals surface area contributed by atoms with Crippen LogP contribution in [0, 0.1) is 11.7 Å². The van der Waals surface area contributed by atoms with Crippen LogP contribution in [0.25, 0.3) is 11.1 Å². The predicted molar refractivity (Wildman–Crippen MR) is 135 cm³/mol. The molecule has 184 valence electrons. The summed E-state index contributed by atoms with van der Waals surface area (Å²) in [5.41, 5.74) is 3.04. The topological polar surface area (TPSA) is 61.8 Å². The van der Waals surface area contributed by atoms with Crippen molar-refractivity contribution in [3.8, 4) is 16.9 Å². The standard InChI is InChI=1S/C29H31FO5/c1-18(2)21(7)33-16-23(17-34-28(31)19(3)4)14-22-8-13-26(27(30)15-22)24-9-11-25(12-10-24)35-29(32)20(5)6/h8-13,15,23H,1,3,5,7,14,16-17H2,2,4,6H3. The molecule has 0 N–H and O–H groups in total. The van der Waals surface area contributed by atoms with Crippen molar-refractivity contribution in [2.45, 2.75) is 27.2 Å². The highest BCUT2D eigenvalue weighted by atomic mass is 19.1. The zero-order valence-electron chi connectivity index (χ0n) is 20.5. The quantitative estimate of drug-likeness (QED) is 0.117. The van der Waals surface area contributed by atoms with E-state index < -0.39 is 17.8 Å². The van der Waals surface area contributed by atoms with Crippen molar-refractivity contribution in [1.29, 1.82) is 0 Å². The second-order valence-electron chi connectivity index (χ2n) is 8.47. The molecule has 2 aromatic rings. The number of hydrogen-bond donors (Lipinski definition) is 0. The molecule has 0 spiro atoms. The third-order valence-electron chi connectivity index (χ3n) is 5.05. The highest BCUT2D eigenvalue weighted by molar-refractivity contribution is 5.88. The fraction of sp³-hybridized carbons (Fsp3) is 0.241. The van der Waals surface area contributed by atoms with Gasteiger partial charge in [-0.25, -0.2) is 14.0 Å². The first-order chi connectivity index (χ1) is 16.5. The summed E-state index contributed by atoms with van der Waals surface area (Å²) in [4.78, 5) is 23.5. The molecule has 6 heteroatoms. The molecule has 0 amide bonds. The Kier molecular flexibility index (Phi) is 9.76. The van der Waals surface area contributed by atoms with Crippen LogP contribution in [0.2, 0.25) is 0 Å². The van der Waals surface area contributed by atoms with Gasteiger partial charge in [0.15, 0.2) is 0 Å². The summed E-state index contributed by atoms with van der Waals surface area (Å²) in [5.74, 6) is -0.858. The Morgan fingerprint density at radius 2 is 1.43 bits per heavy atom. The van der Waals surface area contributed by atoms with Crippen LogP contribution in [0.3, 0.4) is 0 Å². The highest BCUT2D eigenvalue weighted by Gasteiger charge is 2.17. The summed E-state index contributed by atoms with van der Waals surface area (Å²) in [6.07, 6.45) is 0.417.